The first kappa shape index (κ1) is 33.4. The van der Waals surface area contributed by atoms with Crippen molar-refractivity contribution >= 4 is 41.0 Å². The third-order valence-corrected chi connectivity index (χ3v) is 6.82. The molecule has 4 heterocycles. The fourth-order valence-corrected chi connectivity index (χ4v) is 5.27. The summed E-state index contributed by atoms with van der Waals surface area (Å²) in [6, 6.07) is 0. The van der Waals surface area contributed by atoms with E-state index in [9.17, 15) is 39.0 Å². The Bertz CT molecular complexity index is 1520. The third kappa shape index (κ3) is 6.95. The molecule has 19 heteroatoms. The molecular weight excluding hydrogens is 608 g/mol. The Hall–Kier alpha value is -4.46. The zero-order valence-corrected chi connectivity index (χ0v) is 24.8. The monoisotopic (exact) mass is 640 g/mol. The van der Waals surface area contributed by atoms with E-state index < -0.39 is 104 Å². The first-order valence-corrected chi connectivity index (χ1v) is 13.6. The molecule has 2 N–H and O–H groups in total. The van der Waals surface area contributed by atoms with Crippen LogP contribution in [0.3, 0.4) is 0 Å². The van der Waals surface area contributed by atoms with Gasteiger partial charge in [-0.3, -0.25) is 37.9 Å². The first-order valence-electron chi connectivity index (χ1n) is 13.6. The van der Waals surface area contributed by atoms with Gasteiger partial charge in [0.25, 0.3) is 5.56 Å². The fraction of sp³-hybridized carbons (Fsp3) is 0.615. The molecule has 4 rings (SSSR count). The molecule has 246 valence electrons. The molecule has 2 fully saturated rings. The highest BCUT2D eigenvalue weighted by atomic mass is 16.7. The zero-order chi connectivity index (χ0) is 33.2. The molecule has 0 amide bonds. The van der Waals surface area contributed by atoms with Crippen molar-refractivity contribution < 1.29 is 67.3 Å². The maximum Gasteiger partial charge on any atom is 0.303 e. The highest BCUT2D eigenvalue weighted by Crippen LogP contribution is 2.36. The summed E-state index contributed by atoms with van der Waals surface area (Å²) in [4.78, 5) is 81.8. The Morgan fingerprint density at radius 3 is 1.49 bits per heavy atom. The predicted octanol–water partition coefficient (Wildman–Crippen LogP) is -1.97. The number of fused-ring (bicyclic) bond motifs is 1. The number of aromatic nitrogens is 4. The van der Waals surface area contributed by atoms with Crippen molar-refractivity contribution in [2.24, 2.45) is 0 Å². The number of imidazole rings is 1. The predicted molar refractivity (Wildman–Crippen MR) is 142 cm³/mol. The van der Waals surface area contributed by atoms with E-state index in [1.165, 1.54) is 4.57 Å². The number of esters is 5. The quantitative estimate of drug-likeness (QED) is 0.223. The molecule has 2 aromatic heterocycles. The van der Waals surface area contributed by atoms with Crippen LogP contribution in [0.25, 0.3) is 11.2 Å². The number of carbonyl (C=O) groups is 5. The first-order chi connectivity index (χ1) is 21.3. The van der Waals surface area contributed by atoms with Crippen molar-refractivity contribution in [3.63, 3.8) is 0 Å². The molecule has 0 unspecified atom stereocenters. The van der Waals surface area contributed by atoms with Crippen LogP contribution >= 0.6 is 0 Å². The summed E-state index contributed by atoms with van der Waals surface area (Å²) >= 11 is 0. The molecule has 0 radical (unpaired) electrons. The van der Waals surface area contributed by atoms with Crippen molar-refractivity contribution in [3.8, 4) is 0 Å². The topological polar surface area (TPSA) is 243 Å². The molecular formula is C26H32N4O15. The van der Waals surface area contributed by atoms with Crippen LogP contribution in [0.15, 0.2) is 17.4 Å². The normalized spacial score (nSPS) is 29.5. The minimum Gasteiger partial charge on any atom is -0.456 e. The molecule has 2 aliphatic rings. The van der Waals surface area contributed by atoms with E-state index in [4.69, 9.17) is 33.2 Å². The average molecular weight is 641 g/mol. The van der Waals surface area contributed by atoms with E-state index in [-0.39, 0.29) is 11.2 Å². The zero-order valence-electron chi connectivity index (χ0n) is 24.8. The summed E-state index contributed by atoms with van der Waals surface area (Å²) in [6.07, 6.45) is -10.1. The van der Waals surface area contributed by atoms with Crippen molar-refractivity contribution in [3.05, 3.63) is 23.0 Å². The molecule has 0 saturated carbocycles. The summed E-state index contributed by atoms with van der Waals surface area (Å²) in [5.74, 6) is -4.00. The van der Waals surface area contributed by atoms with Gasteiger partial charge in [0, 0.05) is 34.6 Å². The molecule has 0 aromatic carbocycles. The Morgan fingerprint density at radius 2 is 1.02 bits per heavy atom. The van der Waals surface area contributed by atoms with E-state index in [2.05, 4.69) is 9.97 Å². The van der Waals surface area contributed by atoms with E-state index in [0.717, 1.165) is 51.8 Å². The van der Waals surface area contributed by atoms with E-state index >= 15 is 0 Å². The van der Waals surface area contributed by atoms with Crippen LogP contribution in [0.1, 0.15) is 47.1 Å². The molecule has 2 saturated heterocycles. The van der Waals surface area contributed by atoms with Gasteiger partial charge in [0.1, 0.15) is 18.5 Å². The minimum absolute atomic E-state index is 0.0913. The molecule has 9 atom stereocenters. The number of ether oxygens (including phenoxy) is 7. The largest absolute Gasteiger partial charge is 0.456 e. The maximum atomic E-state index is 13.8. The number of aliphatic hydroxyl groups is 2. The molecule has 45 heavy (non-hydrogen) atoms. The number of rotatable bonds is 9. The van der Waals surface area contributed by atoms with Gasteiger partial charge in [-0.25, -0.2) is 9.97 Å². The molecule has 0 bridgehead atoms. The van der Waals surface area contributed by atoms with Gasteiger partial charge in [0.15, 0.2) is 54.1 Å². The Morgan fingerprint density at radius 1 is 0.644 bits per heavy atom. The van der Waals surface area contributed by atoms with Gasteiger partial charge in [0.2, 0.25) is 0 Å². The Balaban J connectivity index is 1.79. The van der Waals surface area contributed by atoms with Gasteiger partial charge in [-0.1, -0.05) is 0 Å². The average Bonchev–Trinajstić information content (AvgIpc) is 3.51. The van der Waals surface area contributed by atoms with Crippen LogP contribution in [0.2, 0.25) is 0 Å². The van der Waals surface area contributed by atoms with Gasteiger partial charge in [-0.2, -0.15) is 0 Å². The second-order valence-corrected chi connectivity index (χ2v) is 10.1. The Labute approximate surface area is 253 Å². The molecule has 2 aromatic rings. The lowest BCUT2D eigenvalue weighted by Crippen LogP contribution is -2.61. The smallest absolute Gasteiger partial charge is 0.303 e. The molecule has 19 nitrogen and oxygen atoms in total. The standard InChI is InChI=1S/C26H32N4O15/c1-10(33)39-18-15(6-31)45-26(22(43-14(5)37)20(18)41-12(3)35)30-9-28-23-17(24(30)38)27-8-29(23)25-21(42-13(4)36)19(40-11(2)34)16(7-32)44-25/h8-9,15-16,18-22,25-26,31-32H,6-7H2,1-5H3/t15-,16-,18-,19-,20+,21-,22-,25-,26-/m1/s1. The summed E-state index contributed by atoms with van der Waals surface area (Å²) in [6.45, 7) is 4.06. The van der Waals surface area contributed by atoms with Crippen molar-refractivity contribution in [1.82, 2.24) is 19.1 Å². The summed E-state index contributed by atoms with van der Waals surface area (Å²) in [7, 11) is 0. The van der Waals surface area contributed by atoms with Crippen molar-refractivity contribution in [1.29, 1.82) is 0 Å². The van der Waals surface area contributed by atoms with Crippen LogP contribution < -0.4 is 5.56 Å². The van der Waals surface area contributed by atoms with E-state index in [0.29, 0.717) is 0 Å². The van der Waals surface area contributed by atoms with E-state index in [1.807, 2.05) is 0 Å². The lowest BCUT2D eigenvalue weighted by Gasteiger charge is -2.44. The van der Waals surface area contributed by atoms with Gasteiger partial charge >= 0.3 is 29.8 Å². The maximum absolute atomic E-state index is 13.8. The van der Waals surface area contributed by atoms with Crippen molar-refractivity contribution in [2.75, 3.05) is 13.2 Å². The van der Waals surface area contributed by atoms with Gasteiger partial charge in [0.05, 0.1) is 19.5 Å². The number of aliphatic hydroxyl groups excluding tert-OH is 2. The lowest BCUT2D eigenvalue weighted by molar-refractivity contribution is -0.268. The van der Waals surface area contributed by atoms with Crippen LogP contribution in [-0.2, 0) is 57.1 Å². The highest BCUT2D eigenvalue weighted by Gasteiger charge is 2.53. The van der Waals surface area contributed by atoms with E-state index in [1.54, 1.807) is 0 Å². The molecule has 0 spiro atoms. The van der Waals surface area contributed by atoms with Gasteiger partial charge in [-0.05, 0) is 0 Å². The summed E-state index contributed by atoms with van der Waals surface area (Å²) in [5, 5.41) is 19.9. The second kappa shape index (κ2) is 13.7. The fourth-order valence-electron chi connectivity index (χ4n) is 5.27. The molecule has 2 aliphatic heterocycles. The number of hydrogen-bond acceptors (Lipinski definition) is 17. The van der Waals surface area contributed by atoms with Gasteiger partial charge < -0.3 is 43.4 Å². The second-order valence-electron chi connectivity index (χ2n) is 10.1. The molecule has 0 aliphatic carbocycles. The summed E-state index contributed by atoms with van der Waals surface area (Å²) < 4.78 is 40.4. The van der Waals surface area contributed by atoms with Gasteiger partial charge in [-0.15, -0.1) is 0 Å². The van der Waals surface area contributed by atoms with Crippen LogP contribution in [0, 0.1) is 0 Å². The van der Waals surface area contributed by atoms with Crippen LogP contribution in [0.5, 0.6) is 0 Å². The lowest BCUT2D eigenvalue weighted by atomic mass is 9.97. The Kier molecular flexibility index (Phi) is 10.2. The number of nitrogens with zero attached hydrogens (tertiary/aromatic N) is 4. The SMILES string of the molecule is CC(=O)O[C@@H]1[C@@H](OC(C)=O)[C@H](n2cnc3c(ncn3[C@@H]3O[C@H](CO)[C@@H](OC(C)=O)[C@H]3OC(C)=O)c2=O)O[C@H](CO)[C@H]1OC(C)=O. The highest BCUT2D eigenvalue weighted by molar-refractivity contribution is 5.70. The summed E-state index contributed by atoms with van der Waals surface area (Å²) in [5.41, 5.74) is -1.23. The van der Waals surface area contributed by atoms with Crippen molar-refractivity contribution in [2.45, 2.75) is 89.8 Å². The minimum atomic E-state index is -1.57. The van der Waals surface area contributed by atoms with Crippen LogP contribution in [-0.4, -0.2) is 115 Å². The number of carbonyl (C=O) groups excluding carboxylic acids is 5. The third-order valence-electron chi connectivity index (χ3n) is 6.82. The number of hydrogen-bond donors (Lipinski definition) is 2. The van der Waals surface area contributed by atoms with Crippen LogP contribution in [0.4, 0.5) is 0 Å².